The summed E-state index contributed by atoms with van der Waals surface area (Å²) >= 11 is 0. The summed E-state index contributed by atoms with van der Waals surface area (Å²) in [4.78, 5) is 36.3. The number of carbonyl (C=O) groups excluding carboxylic acids is 3. The van der Waals surface area contributed by atoms with Gasteiger partial charge in [-0.15, -0.1) is 0 Å². The van der Waals surface area contributed by atoms with Crippen LogP contribution in [0.4, 0.5) is 11.4 Å². The van der Waals surface area contributed by atoms with Crippen LogP contribution in [0, 0.1) is 0 Å². The van der Waals surface area contributed by atoms with Gasteiger partial charge in [0.05, 0.1) is 35.9 Å². The fourth-order valence-corrected chi connectivity index (χ4v) is 4.05. The van der Waals surface area contributed by atoms with Crippen molar-refractivity contribution in [3.8, 4) is 5.75 Å². The van der Waals surface area contributed by atoms with E-state index in [1.54, 1.807) is 24.3 Å². The lowest BCUT2D eigenvalue weighted by Gasteiger charge is -2.11. The van der Waals surface area contributed by atoms with E-state index in [-0.39, 0.29) is 21.7 Å². The topological polar surface area (TPSA) is 137 Å². The second-order valence-electron chi connectivity index (χ2n) is 7.02. The Morgan fingerprint density at radius 2 is 1.57 bits per heavy atom. The normalized spacial score (nSPS) is 10.7. The second-order valence-corrected chi connectivity index (χ2v) is 8.71. The number of anilines is 2. The Bertz CT molecular complexity index is 1340. The molecule has 35 heavy (non-hydrogen) atoms. The SMILES string of the molecule is COC(=O)c1ccccc1NC(=O)COC(=O)c1cccc(S(=O)(=O)Nc2ccc(OC)cc2)c1. The molecule has 0 bridgehead atoms. The highest BCUT2D eigenvalue weighted by Crippen LogP contribution is 2.20. The lowest BCUT2D eigenvalue weighted by Crippen LogP contribution is -2.22. The first-order valence-corrected chi connectivity index (χ1v) is 11.6. The molecule has 3 aromatic rings. The van der Waals surface area contributed by atoms with Crippen molar-refractivity contribution in [1.29, 1.82) is 0 Å². The molecule has 3 rings (SSSR count). The van der Waals surface area contributed by atoms with Crippen LogP contribution in [-0.2, 0) is 24.3 Å². The first-order chi connectivity index (χ1) is 16.7. The molecule has 0 aliphatic heterocycles. The first-order valence-electron chi connectivity index (χ1n) is 10.1. The summed E-state index contributed by atoms with van der Waals surface area (Å²) in [5.74, 6) is -1.67. The minimum Gasteiger partial charge on any atom is -0.497 e. The number of sulfonamides is 1. The van der Waals surface area contributed by atoms with Crippen LogP contribution in [0.2, 0.25) is 0 Å². The summed E-state index contributed by atoms with van der Waals surface area (Å²) in [7, 11) is -1.29. The molecule has 0 aliphatic carbocycles. The van der Waals surface area contributed by atoms with Gasteiger partial charge in [0, 0.05) is 5.69 Å². The Hall–Kier alpha value is -4.38. The van der Waals surface area contributed by atoms with Crippen molar-refractivity contribution >= 4 is 39.2 Å². The maximum absolute atomic E-state index is 12.7. The summed E-state index contributed by atoms with van der Waals surface area (Å²) in [5, 5.41) is 2.47. The van der Waals surface area contributed by atoms with E-state index in [1.807, 2.05) is 0 Å². The number of esters is 2. The molecule has 0 unspecified atom stereocenters. The standard InChI is InChI=1S/C24H22N2O8S/c1-32-18-12-10-17(11-13-18)26-35(30,31)19-7-5-6-16(14-19)23(28)34-15-22(27)25-21-9-4-3-8-20(21)24(29)33-2/h3-14,26H,15H2,1-2H3,(H,25,27). The lowest BCUT2D eigenvalue weighted by atomic mass is 10.2. The maximum atomic E-state index is 12.7. The Kier molecular flexibility index (Phi) is 8.05. The van der Waals surface area contributed by atoms with Crippen LogP contribution in [0.3, 0.4) is 0 Å². The summed E-state index contributed by atoms with van der Waals surface area (Å²) < 4.78 is 42.6. The molecule has 0 saturated carbocycles. The zero-order valence-corrected chi connectivity index (χ0v) is 19.6. The number of carbonyl (C=O) groups is 3. The number of ether oxygens (including phenoxy) is 3. The van der Waals surface area contributed by atoms with E-state index in [4.69, 9.17) is 9.47 Å². The van der Waals surface area contributed by atoms with Crippen LogP contribution in [0.15, 0.2) is 77.7 Å². The molecule has 0 saturated heterocycles. The van der Waals surface area contributed by atoms with Crippen molar-refractivity contribution in [2.75, 3.05) is 30.9 Å². The van der Waals surface area contributed by atoms with Gasteiger partial charge in [-0.25, -0.2) is 18.0 Å². The zero-order valence-electron chi connectivity index (χ0n) is 18.8. The third-order valence-electron chi connectivity index (χ3n) is 4.66. The summed E-state index contributed by atoms with van der Waals surface area (Å²) in [6, 6.07) is 17.6. The highest BCUT2D eigenvalue weighted by Gasteiger charge is 2.19. The second kappa shape index (κ2) is 11.2. The van der Waals surface area contributed by atoms with Crippen molar-refractivity contribution in [2.24, 2.45) is 0 Å². The predicted molar refractivity (Wildman–Crippen MR) is 127 cm³/mol. The number of methoxy groups -OCH3 is 2. The third-order valence-corrected chi connectivity index (χ3v) is 6.04. The summed E-state index contributed by atoms with van der Waals surface area (Å²) in [6.07, 6.45) is 0. The quantitative estimate of drug-likeness (QED) is 0.430. The number of hydrogen-bond acceptors (Lipinski definition) is 8. The van der Waals surface area contributed by atoms with Crippen LogP contribution in [-0.4, -0.2) is 47.1 Å². The van der Waals surface area contributed by atoms with Gasteiger partial charge in [-0.05, 0) is 54.6 Å². The van der Waals surface area contributed by atoms with E-state index >= 15 is 0 Å². The maximum Gasteiger partial charge on any atom is 0.339 e. The summed E-state index contributed by atoms with van der Waals surface area (Å²) in [5.41, 5.74) is 0.572. The number of amides is 1. The predicted octanol–water partition coefficient (Wildman–Crippen LogP) is 3.08. The van der Waals surface area contributed by atoms with Gasteiger partial charge in [0.2, 0.25) is 0 Å². The third kappa shape index (κ3) is 6.58. The Labute approximate surface area is 201 Å². The van der Waals surface area contributed by atoms with Crippen molar-refractivity contribution < 1.29 is 37.0 Å². The van der Waals surface area contributed by atoms with Gasteiger partial charge in [-0.3, -0.25) is 9.52 Å². The number of para-hydroxylation sites is 1. The molecule has 3 aromatic carbocycles. The van der Waals surface area contributed by atoms with Crippen LogP contribution < -0.4 is 14.8 Å². The van der Waals surface area contributed by atoms with Crippen molar-refractivity contribution in [3.05, 3.63) is 83.9 Å². The van der Waals surface area contributed by atoms with Crippen LogP contribution in [0.5, 0.6) is 5.75 Å². The minimum atomic E-state index is -4.00. The van der Waals surface area contributed by atoms with Crippen LogP contribution >= 0.6 is 0 Å². The van der Waals surface area contributed by atoms with Gasteiger partial charge < -0.3 is 19.5 Å². The van der Waals surface area contributed by atoms with E-state index in [1.165, 1.54) is 56.7 Å². The van der Waals surface area contributed by atoms with Gasteiger partial charge in [0.15, 0.2) is 6.61 Å². The molecule has 11 heteroatoms. The highest BCUT2D eigenvalue weighted by molar-refractivity contribution is 7.92. The fourth-order valence-electron chi connectivity index (χ4n) is 2.94. The molecule has 0 atom stereocenters. The minimum absolute atomic E-state index is 0.0645. The molecule has 0 radical (unpaired) electrons. The van der Waals surface area contributed by atoms with E-state index in [0.717, 1.165) is 6.07 Å². The van der Waals surface area contributed by atoms with Gasteiger partial charge in [-0.2, -0.15) is 0 Å². The van der Waals surface area contributed by atoms with Gasteiger partial charge in [-0.1, -0.05) is 18.2 Å². The van der Waals surface area contributed by atoms with E-state index in [9.17, 15) is 22.8 Å². The van der Waals surface area contributed by atoms with E-state index < -0.39 is 34.5 Å². The van der Waals surface area contributed by atoms with Gasteiger partial charge in [0.25, 0.3) is 15.9 Å². The molecule has 10 nitrogen and oxygen atoms in total. The molecule has 0 fully saturated rings. The molecule has 2 N–H and O–H groups in total. The zero-order chi connectivity index (χ0) is 25.4. The van der Waals surface area contributed by atoms with Crippen LogP contribution in [0.1, 0.15) is 20.7 Å². The number of benzene rings is 3. The van der Waals surface area contributed by atoms with Gasteiger partial charge in [0.1, 0.15) is 5.75 Å². The summed E-state index contributed by atoms with van der Waals surface area (Å²) in [6.45, 7) is -0.657. The average molecular weight is 499 g/mol. The number of nitrogens with one attached hydrogen (secondary N) is 2. The Balaban J connectivity index is 1.64. The van der Waals surface area contributed by atoms with Crippen molar-refractivity contribution in [1.82, 2.24) is 0 Å². The highest BCUT2D eigenvalue weighted by atomic mass is 32.2. The molecular weight excluding hydrogens is 476 g/mol. The van der Waals surface area contributed by atoms with Crippen molar-refractivity contribution in [3.63, 3.8) is 0 Å². The molecular formula is C24H22N2O8S. The number of hydrogen-bond donors (Lipinski definition) is 2. The Morgan fingerprint density at radius 1 is 0.857 bits per heavy atom. The monoisotopic (exact) mass is 498 g/mol. The molecule has 0 spiro atoms. The van der Waals surface area contributed by atoms with Gasteiger partial charge >= 0.3 is 11.9 Å². The fraction of sp³-hybridized carbons (Fsp3) is 0.125. The smallest absolute Gasteiger partial charge is 0.339 e. The van der Waals surface area contributed by atoms with E-state index in [2.05, 4.69) is 14.8 Å². The van der Waals surface area contributed by atoms with Crippen molar-refractivity contribution in [2.45, 2.75) is 4.90 Å². The number of rotatable bonds is 9. The molecule has 182 valence electrons. The average Bonchev–Trinajstić information content (AvgIpc) is 2.87. The van der Waals surface area contributed by atoms with Crippen LogP contribution in [0.25, 0.3) is 0 Å². The largest absolute Gasteiger partial charge is 0.497 e. The molecule has 0 aromatic heterocycles. The lowest BCUT2D eigenvalue weighted by molar-refractivity contribution is -0.119. The Morgan fingerprint density at radius 3 is 2.26 bits per heavy atom. The first kappa shape index (κ1) is 25.2. The molecule has 0 aliphatic rings. The molecule has 0 heterocycles. The van der Waals surface area contributed by atoms with E-state index in [0.29, 0.717) is 11.4 Å². The molecule has 1 amide bonds.